The summed E-state index contributed by atoms with van der Waals surface area (Å²) in [4.78, 5) is 0.364. The Balaban J connectivity index is 3.16. The molecule has 0 spiro atoms. The molecule has 0 saturated heterocycles. The van der Waals surface area contributed by atoms with E-state index < -0.39 is 9.84 Å². The van der Waals surface area contributed by atoms with E-state index in [0.717, 1.165) is 16.9 Å². The number of benzene rings is 1. The highest BCUT2D eigenvalue weighted by atomic mass is 32.2. The molecule has 4 nitrogen and oxygen atoms in total. The molecule has 0 atom stereocenters. The number of sulfone groups is 1. The zero-order valence-corrected chi connectivity index (χ0v) is 11.5. The first-order chi connectivity index (χ1) is 7.92. The molecule has 1 aromatic rings. The van der Waals surface area contributed by atoms with Crippen LogP contribution in [0.25, 0.3) is 0 Å². The molecule has 0 amide bonds. The molecule has 0 unspecified atom stereocenters. The second-order valence-corrected chi connectivity index (χ2v) is 6.12. The Morgan fingerprint density at radius 1 is 1.24 bits per heavy atom. The molecule has 0 aromatic heterocycles. The minimum atomic E-state index is -3.21. The van der Waals surface area contributed by atoms with Gasteiger partial charge >= 0.3 is 0 Å². The fourth-order valence-electron chi connectivity index (χ4n) is 1.77. The van der Waals surface area contributed by atoms with Crippen LogP contribution < -0.4 is 10.1 Å². The average molecular weight is 257 g/mol. The highest BCUT2D eigenvalue weighted by molar-refractivity contribution is 7.91. The lowest BCUT2D eigenvalue weighted by Gasteiger charge is -2.11. The van der Waals surface area contributed by atoms with Crippen LogP contribution in [0, 0.1) is 13.8 Å². The number of hydrogen-bond donors (Lipinski definition) is 1. The summed E-state index contributed by atoms with van der Waals surface area (Å²) in [5.41, 5.74) is 1.69. The standard InChI is InChI=1S/C12H19NO3S/c1-9-7-11(8-10(2)12(9)16-4)17(14,15)6-5-13-3/h7-8,13H,5-6H2,1-4H3. The van der Waals surface area contributed by atoms with Crippen LogP contribution in [0.4, 0.5) is 0 Å². The van der Waals surface area contributed by atoms with Gasteiger partial charge < -0.3 is 10.1 Å². The van der Waals surface area contributed by atoms with E-state index in [1.54, 1.807) is 26.3 Å². The number of nitrogens with one attached hydrogen (secondary N) is 1. The second-order valence-electron chi connectivity index (χ2n) is 4.01. The summed E-state index contributed by atoms with van der Waals surface area (Å²) >= 11 is 0. The van der Waals surface area contributed by atoms with Crippen molar-refractivity contribution in [2.45, 2.75) is 18.7 Å². The van der Waals surface area contributed by atoms with Gasteiger partial charge in [0.25, 0.3) is 0 Å². The van der Waals surface area contributed by atoms with E-state index in [4.69, 9.17) is 4.74 Å². The molecule has 5 heteroatoms. The molecule has 0 radical (unpaired) electrons. The van der Waals surface area contributed by atoms with Crippen LogP contribution in [0.5, 0.6) is 5.75 Å². The molecule has 0 heterocycles. The van der Waals surface area contributed by atoms with E-state index in [1.807, 2.05) is 13.8 Å². The average Bonchev–Trinajstić information content (AvgIpc) is 2.26. The van der Waals surface area contributed by atoms with Crippen molar-refractivity contribution < 1.29 is 13.2 Å². The number of rotatable bonds is 5. The molecule has 0 aliphatic rings. The van der Waals surface area contributed by atoms with Crippen molar-refractivity contribution in [1.82, 2.24) is 5.32 Å². The first-order valence-electron chi connectivity index (χ1n) is 5.45. The molecule has 0 aliphatic heterocycles. The van der Waals surface area contributed by atoms with Crippen LogP contribution in [-0.4, -0.2) is 34.9 Å². The lowest BCUT2D eigenvalue weighted by molar-refractivity contribution is 0.408. The van der Waals surface area contributed by atoms with Gasteiger partial charge in [0.1, 0.15) is 5.75 Å². The van der Waals surface area contributed by atoms with Gasteiger partial charge in [-0.25, -0.2) is 8.42 Å². The van der Waals surface area contributed by atoms with Crippen molar-refractivity contribution in [2.24, 2.45) is 0 Å². The topological polar surface area (TPSA) is 55.4 Å². The van der Waals surface area contributed by atoms with Gasteiger partial charge in [-0.15, -0.1) is 0 Å². The number of ether oxygens (including phenoxy) is 1. The van der Waals surface area contributed by atoms with Crippen molar-refractivity contribution in [3.63, 3.8) is 0 Å². The van der Waals surface area contributed by atoms with Crippen molar-refractivity contribution >= 4 is 9.84 Å². The third-order valence-electron chi connectivity index (χ3n) is 2.62. The van der Waals surface area contributed by atoms with Gasteiger partial charge in [0.05, 0.1) is 17.8 Å². The first kappa shape index (κ1) is 14.0. The maximum absolute atomic E-state index is 12.0. The maximum atomic E-state index is 12.0. The van der Waals surface area contributed by atoms with Crippen LogP contribution in [0.15, 0.2) is 17.0 Å². The second kappa shape index (κ2) is 5.51. The number of methoxy groups -OCH3 is 1. The molecule has 1 N–H and O–H groups in total. The summed E-state index contributed by atoms with van der Waals surface area (Å²) < 4.78 is 29.2. The van der Waals surface area contributed by atoms with Gasteiger partial charge in [0.2, 0.25) is 0 Å². The fourth-order valence-corrected chi connectivity index (χ4v) is 3.19. The van der Waals surface area contributed by atoms with E-state index in [9.17, 15) is 8.42 Å². The Labute approximate surface area is 103 Å². The van der Waals surface area contributed by atoms with Crippen LogP contribution >= 0.6 is 0 Å². The molecule has 0 fully saturated rings. The van der Waals surface area contributed by atoms with Gasteiger partial charge in [-0.05, 0) is 44.2 Å². The van der Waals surface area contributed by atoms with E-state index in [0.29, 0.717) is 11.4 Å². The summed E-state index contributed by atoms with van der Waals surface area (Å²) in [6.07, 6.45) is 0. The van der Waals surface area contributed by atoms with Crippen molar-refractivity contribution in [3.05, 3.63) is 23.3 Å². The van der Waals surface area contributed by atoms with Gasteiger partial charge in [0.15, 0.2) is 9.84 Å². The SMILES string of the molecule is CNCCS(=O)(=O)c1cc(C)c(OC)c(C)c1. The van der Waals surface area contributed by atoms with Crippen LogP contribution in [0.2, 0.25) is 0 Å². The van der Waals surface area contributed by atoms with Crippen LogP contribution in [-0.2, 0) is 9.84 Å². The normalized spacial score (nSPS) is 11.5. The summed E-state index contributed by atoms with van der Waals surface area (Å²) in [5.74, 6) is 0.854. The Morgan fingerprint density at radius 3 is 2.18 bits per heavy atom. The lowest BCUT2D eigenvalue weighted by atomic mass is 10.1. The van der Waals surface area contributed by atoms with Gasteiger partial charge in [-0.2, -0.15) is 0 Å². The molecular weight excluding hydrogens is 238 g/mol. The zero-order chi connectivity index (χ0) is 13.1. The molecule has 1 aromatic carbocycles. The zero-order valence-electron chi connectivity index (χ0n) is 10.7. The molecule has 0 bridgehead atoms. The Bertz CT molecular complexity index is 471. The molecule has 0 aliphatic carbocycles. The smallest absolute Gasteiger partial charge is 0.179 e. The maximum Gasteiger partial charge on any atom is 0.179 e. The van der Waals surface area contributed by atoms with E-state index in [1.165, 1.54) is 0 Å². The van der Waals surface area contributed by atoms with Gasteiger partial charge in [-0.3, -0.25) is 0 Å². The Morgan fingerprint density at radius 2 is 1.76 bits per heavy atom. The van der Waals surface area contributed by atoms with Gasteiger partial charge in [0, 0.05) is 6.54 Å². The Hall–Kier alpha value is -1.07. The van der Waals surface area contributed by atoms with E-state index in [2.05, 4.69) is 5.32 Å². The minimum Gasteiger partial charge on any atom is -0.496 e. The van der Waals surface area contributed by atoms with Crippen molar-refractivity contribution in [2.75, 3.05) is 26.5 Å². The molecule has 17 heavy (non-hydrogen) atoms. The summed E-state index contributed by atoms with van der Waals surface area (Å²) in [6.45, 7) is 4.15. The van der Waals surface area contributed by atoms with Gasteiger partial charge in [-0.1, -0.05) is 0 Å². The lowest BCUT2D eigenvalue weighted by Crippen LogP contribution is -2.19. The predicted octanol–water partition coefficient (Wildman–Crippen LogP) is 1.31. The third-order valence-corrected chi connectivity index (χ3v) is 4.31. The van der Waals surface area contributed by atoms with Crippen molar-refractivity contribution in [1.29, 1.82) is 0 Å². The molecule has 96 valence electrons. The Kier molecular flexibility index (Phi) is 4.54. The monoisotopic (exact) mass is 257 g/mol. The summed E-state index contributed by atoms with van der Waals surface area (Å²) in [6, 6.07) is 3.33. The van der Waals surface area contributed by atoms with Crippen molar-refractivity contribution in [3.8, 4) is 5.75 Å². The van der Waals surface area contributed by atoms with E-state index in [-0.39, 0.29) is 5.75 Å². The molecule has 1 rings (SSSR count). The highest BCUT2D eigenvalue weighted by Crippen LogP contribution is 2.26. The number of hydrogen-bond acceptors (Lipinski definition) is 4. The molecular formula is C12H19NO3S. The number of aryl methyl sites for hydroxylation is 2. The van der Waals surface area contributed by atoms with Crippen LogP contribution in [0.3, 0.4) is 0 Å². The molecule has 0 saturated carbocycles. The minimum absolute atomic E-state index is 0.106. The summed E-state index contributed by atoms with van der Waals surface area (Å²) in [7, 11) is 0.113. The van der Waals surface area contributed by atoms with E-state index >= 15 is 0 Å². The van der Waals surface area contributed by atoms with Crippen LogP contribution in [0.1, 0.15) is 11.1 Å². The highest BCUT2D eigenvalue weighted by Gasteiger charge is 2.16. The largest absolute Gasteiger partial charge is 0.496 e. The first-order valence-corrected chi connectivity index (χ1v) is 7.10. The quantitative estimate of drug-likeness (QED) is 0.864. The predicted molar refractivity (Wildman–Crippen MR) is 68.4 cm³/mol. The third kappa shape index (κ3) is 3.20. The summed E-state index contributed by atoms with van der Waals surface area (Å²) in [5, 5.41) is 2.84. The fraction of sp³-hybridized carbons (Fsp3) is 0.500.